The van der Waals surface area contributed by atoms with Crippen LogP contribution in [-0.4, -0.2) is 11.0 Å². The summed E-state index contributed by atoms with van der Waals surface area (Å²) >= 11 is 0. The predicted octanol–water partition coefficient (Wildman–Crippen LogP) is 7.07. The molecule has 1 amide bonds. The van der Waals surface area contributed by atoms with Crippen LogP contribution in [-0.2, 0) is 6.42 Å². The number of aryl methyl sites for hydroxylation is 1. The molecule has 0 aromatic heterocycles. The maximum absolute atomic E-state index is 11.4. The lowest BCUT2D eigenvalue weighted by molar-refractivity contribution is 0.0999. The minimum absolute atomic E-state index is 0.199. The highest BCUT2D eigenvalue weighted by Gasteiger charge is 2.08. The van der Waals surface area contributed by atoms with Gasteiger partial charge in [0, 0.05) is 5.56 Å². The van der Waals surface area contributed by atoms with Crippen LogP contribution >= 0.6 is 0 Å². The van der Waals surface area contributed by atoms with E-state index < -0.39 is 5.91 Å². The molecule has 0 saturated heterocycles. The lowest BCUT2D eigenvalue weighted by Crippen LogP contribution is -2.13. The van der Waals surface area contributed by atoms with Gasteiger partial charge in [-0.1, -0.05) is 76.9 Å². The number of hydrogen-bond donors (Lipinski definition) is 2. The van der Waals surface area contributed by atoms with E-state index in [-0.39, 0.29) is 5.75 Å². The van der Waals surface area contributed by atoms with Crippen LogP contribution in [0.3, 0.4) is 0 Å². The van der Waals surface area contributed by atoms with Crippen LogP contribution in [0.4, 0.5) is 0 Å². The molecule has 0 spiro atoms. The Morgan fingerprint density at radius 3 is 1.96 bits per heavy atom. The summed E-state index contributed by atoms with van der Waals surface area (Å²) in [6, 6.07) is 4.80. The molecule has 0 aliphatic heterocycles. The number of amides is 1. The summed E-state index contributed by atoms with van der Waals surface area (Å²) in [6.07, 6.45) is 23.5. The lowest BCUT2D eigenvalue weighted by atomic mass is 9.99. The molecule has 0 radical (unpaired) electrons. The first kappa shape index (κ1) is 24.3. The second kappa shape index (κ2) is 16.2. The summed E-state index contributed by atoms with van der Waals surface area (Å²) in [5.41, 5.74) is 6.80. The van der Waals surface area contributed by atoms with Crippen molar-refractivity contribution in [2.45, 2.75) is 103 Å². The molecule has 0 fully saturated rings. The number of benzene rings is 1. The van der Waals surface area contributed by atoms with Gasteiger partial charge in [0.05, 0.1) is 0 Å². The van der Waals surface area contributed by atoms with Gasteiger partial charge < -0.3 is 10.8 Å². The molecule has 1 aromatic rings. The van der Waals surface area contributed by atoms with E-state index in [4.69, 9.17) is 5.73 Å². The first-order chi connectivity index (χ1) is 13.6. The summed E-state index contributed by atoms with van der Waals surface area (Å²) in [7, 11) is 0. The second-order valence-electron chi connectivity index (χ2n) is 7.89. The quantitative estimate of drug-likeness (QED) is 0.222. The van der Waals surface area contributed by atoms with Gasteiger partial charge in [0.2, 0.25) is 5.91 Å². The lowest BCUT2D eigenvalue weighted by Gasteiger charge is -2.07. The summed E-state index contributed by atoms with van der Waals surface area (Å²) in [4.78, 5) is 11.4. The van der Waals surface area contributed by atoms with Crippen molar-refractivity contribution < 1.29 is 9.90 Å². The summed E-state index contributed by atoms with van der Waals surface area (Å²) < 4.78 is 0. The van der Waals surface area contributed by atoms with Crippen LogP contribution < -0.4 is 5.73 Å². The van der Waals surface area contributed by atoms with Crippen LogP contribution in [0.1, 0.15) is 113 Å². The Labute approximate surface area is 172 Å². The highest BCUT2D eigenvalue weighted by Crippen LogP contribution is 2.19. The molecule has 3 N–H and O–H groups in total. The van der Waals surface area contributed by atoms with Gasteiger partial charge in [-0.3, -0.25) is 4.79 Å². The fourth-order valence-corrected chi connectivity index (χ4v) is 3.59. The standard InChI is InChI=1S/C25H41NO2/c1-2-3-4-5-6-7-8-9-10-11-12-13-14-15-16-17-18-22-21-23(27)19-20-24(22)25(26)28/h9-10,19-21,27H,2-8,11-18H2,1H3,(H2,26,28). The Balaban J connectivity index is 1.96. The molecule has 0 bridgehead atoms. The Morgan fingerprint density at radius 2 is 1.39 bits per heavy atom. The zero-order valence-corrected chi connectivity index (χ0v) is 17.9. The molecular weight excluding hydrogens is 346 g/mol. The third kappa shape index (κ3) is 11.8. The van der Waals surface area contributed by atoms with Crippen molar-refractivity contribution in [1.29, 1.82) is 0 Å². The van der Waals surface area contributed by atoms with Crippen LogP contribution in [0.15, 0.2) is 30.4 Å². The highest BCUT2D eigenvalue weighted by atomic mass is 16.3. The molecule has 0 unspecified atom stereocenters. The SMILES string of the molecule is CCCCCCCCC=CCCCCCCCCc1cc(O)ccc1C(N)=O. The van der Waals surface area contributed by atoms with Crippen molar-refractivity contribution in [3.63, 3.8) is 0 Å². The fraction of sp³-hybridized carbons (Fsp3) is 0.640. The molecule has 0 aliphatic carbocycles. The molecule has 0 aliphatic rings. The molecule has 28 heavy (non-hydrogen) atoms. The smallest absolute Gasteiger partial charge is 0.248 e. The Kier molecular flexibility index (Phi) is 14.0. The number of aromatic hydroxyl groups is 1. The third-order valence-electron chi connectivity index (χ3n) is 5.31. The zero-order chi connectivity index (χ0) is 20.5. The Morgan fingerprint density at radius 1 is 0.857 bits per heavy atom. The number of unbranched alkanes of at least 4 members (excludes halogenated alkanes) is 12. The summed E-state index contributed by atoms with van der Waals surface area (Å²) in [5.74, 6) is -0.218. The maximum Gasteiger partial charge on any atom is 0.248 e. The van der Waals surface area contributed by atoms with E-state index in [0.717, 1.165) is 24.8 Å². The van der Waals surface area contributed by atoms with Gasteiger partial charge in [-0.15, -0.1) is 0 Å². The van der Waals surface area contributed by atoms with Gasteiger partial charge in [-0.25, -0.2) is 0 Å². The normalized spacial score (nSPS) is 11.3. The molecule has 1 rings (SSSR count). The molecule has 158 valence electrons. The van der Waals surface area contributed by atoms with E-state index >= 15 is 0 Å². The van der Waals surface area contributed by atoms with Crippen molar-refractivity contribution in [3.05, 3.63) is 41.5 Å². The van der Waals surface area contributed by atoms with Gasteiger partial charge in [-0.05, 0) is 62.3 Å². The zero-order valence-electron chi connectivity index (χ0n) is 17.9. The fourth-order valence-electron chi connectivity index (χ4n) is 3.59. The van der Waals surface area contributed by atoms with Gasteiger partial charge in [0.15, 0.2) is 0 Å². The average molecular weight is 388 g/mol. The van der Waals surface area contributed by atoms with Crippen molar-refractivity contribution in [3.8, 4) is 5.75 Å². The first-order valence-corrected chi connectivity index (χ1v) is 11.4. The number of hydrogen-bond acceptors (Lipinski definition) is 2. The number of nitrogens with two attached hydrogens (primary N) is 1. The molecular formula is C25H41NO2. The summed E-state index contributed by atoms with van der Waals surface area (Å²) in [6.45, 7) is 2.26. The number of rotatable bonds is 17. The van der Waals surface area contributed by atoms with Crippen LogP contribution in [0.5, 0.6) is 5.75 Å². The molecule has 3 nitrogen and oxygen atoms in total. The number of phenolic OH excluding ortho intramolecular Hbond substituents is 1. The molecule has 0 saturated carbocycles. The van der Waals surface area contributed by atoms with Crippen molar-refractivity contribution in [1.82, 2.24) is 0 Å². The summed E-state index contributed by atoms with van der Waals surface area (Å²) in [5, 5.41) is 9.60. The monoisotopic (exact) mass is 387 g/mol. The topological polar surface area (TPSA) is 63.3 Å². The minimum Gasteiger partial charge on any atom is -0.508 e. The van der Waals surface area contributed by atoms with Crippen molar-refractivity contribution >= 4 is 5.91 Å². The second-order valence-corrected chi connectivity index (χ2v) is 7.89. The third-order valence-corrected chi connectivity index (χ3v) is 5.31. The largest absolute Gasteiger partial charge is 0.508 e. The maximum atomic E-state index is 11.4. The van der Waals surface area contributed by atoms with E-state index in [1.54, 1.807) is 12.1 Å². The molecule has 0 atom stereocenters. The number of allylic oxidation sites excluding steroid dienone is 2. The number of phenols is 1. The first-order valence-electron chi connectivity index (χ1n) is 11.4. The molecule has 0 heterocycles. The van der Waals surface area contributed by atoms with Crippen LogP contribution in [0.25, 0.3) is 0 Å². The van der Waals surface area contributed by atoms with E-state index in [0.29, 0.717) is 5.56 Å². The average Bonchev–Trinajstić information content (AvgIpc) is 2.67. The van der Waals surface area contributed by atoms with Gasteiger partial charge >= 0.3 is 0 Å². The number of carbonyl (C=O) groups excluding carboxylic acids is 1. The van der Waals surface area contributed by atoms with Crippen molar-refractivity contribution in [2.24, 2.45) is 5.73 Å². The minimum atomic E-state index is -0.417. The Hall–Kier alpha value is -1.77. The van der Waals surface area contributed by atoms with Crippen molar-refractivity contribution in [2.75, 3.05) is 0 Å². The predicted molar refractivity (Wildman–Crippen MR) is 120 cm³/mol. The number of primary amides is 1. The van der Waals surface area contributed by atoms with Gasteiger partial charge in [0.1, 0.15) is 5.75 Å². The van der Waals surface area contributed by atoms with Crippen LogP contribution in [0, 0.1) is 0 Å². The number of carbonyl (C=O) groups is 1. The van der Waals surface area contributed by atoms with E-state index in [1.165, 1.54) is 83.1 Å². The van der Waals surface area contributed by atoms with E-state index in [2.05, 4.69) is 19.1 Å². The molecule has 3 heteroatoms. The van der Waals surface area contributed by atoms with E-state index in [9.17, 15) is 9.90 Å². The van der Waals surface area contributed by atoms with Gasteiger partial charge in [0.25, 0.3) is 0 Å². The Bertz CT molecular complexity index is 566. The molecule has 1 aromatic carbocycles. The van der Waals surface area contributed by atoms with Gasteiger partial charge in [-0.2, -0.15) is 0 Å². The van der Waals surface area contributed by atoms with E-state index in [1.807, 2.05) is 0 Å². The van der Waals surface area contributed by atoms with Crippen LogP contribution in [0.2, 0.25) is 0 Å². The highest BCUT2D eigenvalue weighted by molar-refractivity contribution is 5.94.